The molecule has 0 unspecified atom stereocenters. The molecule has 8 nitrogen and oxygen atoms in total. The van der Waals surface area contributed by atoms with Crippen molar-refractivity contribution >= 4 is 40.2 Å². The zero-order chi connectivity index (χ0) is 19.1. The van der Waals surface area contributed by atoms with E-state index in [1.165, 1.54) is 36.0 Å². The quantitative estimate of drug-likeness (QED) is 0.214. The van der Waals surface area contributed by atoms with Crippen molar-refractivity contribution in [3.63, 3.8) is 0 Å². The minimum atomic E-state index is -1.30. The number of carboxylic acid groups (broad SMARTS) is 1. The molecule has 0 saturated heterocycles. The average Bonchev–Trinajstić information content (AvgIpc) is 2.63. The lowest BCUT2D eigenvalue weighted by molar-refractivity contribution is 0.0693. The van der Waals surface area contributed by atoms with Crippen LogP contribution in [0.15, 0.2) is 47.5 Å². The molecule has 0 aromatic heterocycles. The predicted octanol–water partition coefficient (Wildman–Crippen LogP) is 2.76. The Hall–Kier alpha value is -3.51. The Balaban J connectivity index is 2.23. The maximum atomic E-state index is 12.4. The summed E-state index contributed by atoms with van der Waals surface area (Å²) in [5.74, 6) is -2.16. The summed E-state index contributed by atoms with van der Waals surface area (Å²) in [7, 11) is 0. The van der Waals surface area contributed by atoms with Gasteiger partial charge in [0, 0.05) is 11.3 Å². The second-order valence-corrected chi connectivity index (χ2v) is 5.69. The van der Waals surface area contributed by atoms with Gasteiger partial charge in [-0.2, -0.15) is 5.26 Å². The molecular weight excluding hydrogens is 356 g/mol. The maximum absolute atomic E-state index is 12.4. The number of hydrogen-bond donors (Lipinski definition) is 4. The molecule has 1 amide bonds. The molecular formula is C17H14N4O4S. The van der Waals surface area contributed by atoms with Gasteiger partial charge < -0.3 is 15.5 Å². The van der Waals surface area contributed by atoms with E-state index in [1.54, 1.807) is 30.6 Å². The molecule has 9 heteroatoms. The summed E-state index contributed by atoms with van der Waals surface area (Å²) in [6, 6.07) is 10.2. The number of nitrogens with one attached hydrogen (secondary N) is 2. The number of aromatic hydroxyl groups is 1. The number of nitriles is 1. The molecule has 132 valence electrons. The lowest BCUT2D eigenvalue weighted by Crippen LogP contribution is -2.13. The van der Waals surface area contributed by atoms with Gasteiger partial charge in [0.15, 0.2) is 11.4 Å². The molecule has 0 radical (unpaired) electrons. The van der Waals surface area contributed by atoms with Crippen LogP contribution in [-0.4, -0.2) is 33.5 Å². The molecule has 2 rings (SSSR count). The van der Waals surface area contributed by atoms with Crippen molar-refractivity contribution in [3.05, 3.63) is 53.6 Å². The van der Waals surface area contributed by atoms with Gasteiger partial charge in [-0.05, 0) is 42.7 Å². The van der Waals surface area contributed by atoms with Gasteiger partial charge in [0.2, 0.25) is 0 Å². The molecule has 0 saturated carbocycles. The molecule has 0 aliphatic heterocycles. The number of carbonyl (C=O) groups excluding carboxylic acids is 1. The third-order valence-electron chi connectivity index (χ3n) is 3.18. The summed E-state index contributed by atoms with van der Waals surface area (Å²) in [5, 5.41) is 32.5. The molecule has 2 aromatic rings. The van der Waals surface area contributed by atoms with Crippen molar-refractivity contribution in [1.29, 1.82) is 5.26 Å². The Morgan fingerprint density at radius 1 is 1.23 bits per heavy atom. The number of hydrogen-bond acceptors (Lipinski definition) is 6. The van der Waals surface area contributed by atoms with Gasteiger partial charge in [-0.1, -0.05) is 17.8 Å². The first-order valence-corrected chi connectivity index (χ1v) is 8.42. The SMILES string of the molecule is CSC(=Nc1cccc(C(=O)Nc2ccc(O)c(C(=O)O)c2)c1)NC#N. The largest absolute Gasteiger partial charge is 0.507 e. The van der Waals surface area contributed by atoms with E-state index >= 15 is 0 Å². The van der Waals surface area contributed by atoms with Crippen molar-refractivity contribution in [2.24, 2.45) is 4.99 Å². The molecule has 0 atom stereocenters. The highest BCUT2D eigenvalue weighted by atomic mass is 32.2. The number of aliphatic imine (C=N–C) groups is 1. The topological polar surface area (TPSA) is 135 Å². The van der Waals surface area contributed by atoms with Crippen molar-refractivity contribution in [2.75, 3.05) is 11.6 Å². The monoisotopic (exact) mass is 370 g/mol. The fourth-order valence-electron chi connectivity index (χ4n) is 1.99. The average molecular weight is 370 g/mol. The summed E-state index contributed by atoms with van der Waals surface area (Å²) in [6.07, 6.45) is 3.53. The number of carboxylic acids is 1. The van der Waals surface area contributed by atoms with Crippen LogP contribution in [0.4, 0.5) is 11.4 Å². The number of rotatable bonds is 4. The Morgan fingerprint density at radius 2 is 2.00 bits per heavy atom. The van der Waals surface area contributed by atoms with Crippen molar-refractivity contribution in [1.82, 2.24) is 5.32 Å². The zero-order valence-electron chi connectivity index (χ0n) is 13.6. The van der Waals surface area contributed by atoms with Gasteiger partial charge >= 0.3 is 5.97 Å². The first-order chi connectivity index (χ1) is 12.4. The Bertz CT molecular complexity index is 921. The molecule has 4 N–H and O–H groups in total. The van der Waals surface area contributed by atoms with E-state index < -0.39 is 11.9 Å². The maximum Gasteiger partial charge on any atom is 0.339 e. The molecule has 0 spiro atoms. The fraction of sp³-hybridized carbons (Fsp3) is 0.0588. The molecule has 0 aliphatic rings. The number of benzene rings is 2. The number of thioether (sulfide) groups is 1. The van der Waals surface area contributed by atoms with E-state index in [0.29, 0.717) is 16.4 Å². The first kappa shape index (κ1) is 18.8. The highest BCUT2D eigenvalue weighted by Crippen LogP contribution is 2.22. The van der Waals surface area contributed by atoms with Crippen LogP contribution in [0.3, 0.4) is 0 Å². The molecule has 0 fully saturated rings. The van der Waals surface area contributed by atoms with Gasteiger partial charge in [0.25, 0.3) is 5.91 Å². The van der Waals surface area contributed by atoms with Crippen molar-refractivity contribution in [2.45, 2.75) is 0 Å². The lowest BCUT2D eigenvalue weighted by atomic mass is 10.1. The minimum absolute atomic E-state index is 0.232. The first-order valence-electron chi connectivity index (χ1n) is 7.20. The minimum Gasteiger partial charge on any atom is -0.507 e. The second-order valence-electron chi connectivity index (χ2n) is 4.90. The summed E-state index contributed by atoms with van der Waals surface area (Å²) in [6.45, 7) is 0. The lowest BCUT2D eigenvalue weighted by Gasteiger charge is -2.08. The fourth-order valence-corrected chi connectivity index (χ4v) is 2.34. The normalized spacial score (nSPS) is 10.7. The summed E-state index contributed by atoms with van der Waals surface area (Å²) >= 11 is 1.25. The predicted molar refractivity (Wildman–Crippen MR) is 98.8 cm³/mol. The highest BCUT2D eigenvalue weighted by Gasteiger charge is 2.12. The van der Waals surface area contributed by atoms with E-state index in [-0.39, 0.29) is 17.0 Å². The van der Waals surface area contributed by atoms with Gasteiger partial charge in [-0.15, -0.1) is 0 Å². The van der Waals surface area contributed by atoms with Crippen molar-refractivity contribution in [3.8, 4) is 11.9 Å². The molecule has 0 aliphatic carbocycles. The van der Waals surface area contributed by atoms with Crippen LogP contribution < -0.4 is 10.6 Å². The number of nitrogens with zero attached hydrogens (tertiary/aromatic N) is 2. The molecule has 0 bridgehead atoms. The number of amides is 1. The van der Waals surface area contributed by atoms with Gasteiger partial charge in [-0.3, -0.25) is 10.1 Å². The number of phenols is 1. The number of amidine groups is 1. The molecule has 0 heterocycles. The Labute approximate surface area is 153 Å². The van der Waals surface area contributed by atoms with E-state index in [4.69, 9.17) is 10.4 Å². The van der Waals surface area contributed by atoms with Gasteiger partial charge in [0.05, 0.1) is 5.69 Å². The van der Waals surface area contributed by atoms with Crippen LogP contribution in [0.5, 0.6) is 5.75 Å². The van der Waals surface area contributed by atoms with E-state index in [1.807, 2.05) is 0 Å². The zero-order valence-corrected chi connectivity index (χ0v) is 14.4. The number of carbonyl (C=O) groups is 2. The van der Waals surface area contributed by atoms with Gasteiger partial charge in [-0.25, -0.2) is 9.79 Å². The second kappa shape index (κ2) is 8.55. The standard InChI is InChI=1S/C17H14N4O4S/c1-26-17(19-9-18)21-11-4-2-3-10(7-11)15(23)20-12-5-6-14(22)13(8-12)16(24)25/h2-8,22H,1H3,(H,19,21)(H,20,23)(H,24,25). The smallest absolute Gasteiger partial charge is 0.339 e. The molecule has 26 heavy (non-hydrogen) atoms. The van der Waals surface area contributed by atoms with Crippen LogP contribution in [0.25, 0.3) is 0 Å². The van der Waals surface area contributed by atoms with Crippen LogP contribution in [-0.2, 0) is 0 Å². The highest BCUT2D eigenvalue weighted by molar-refractivity contribution is 8.13. The van der Waals surface area contributed by atoms with Gasteiger partial charge in [0.1, 0.15) is 11.3 Å². The third kappa shape index (κ3) is 4.75. The number of aromatic carboxylic acids is 1. The van der Waals surface area contributed by atoms with E-state index in [0.717, 1.165) is 0 Å². The molecule has 2 aromatic carbocycles. The summed E-state index contributed by atoms with van der Waals surface area (Å²) in [5.41, 5.74) is 0.693. The Morgan fingerprint density at radius 3 is 2.65 bits per heavy atom. The summed E-state index contributed by atoms with van der Waals surface area (Å²) in [4.78, 5) is 27.6. The van der Waals surface area contributed by atoms with E-state index in [2.05, 4.69) is 15.6 Å². The van der Waals surface area contributed by atoms with Crippen LogP contribution >= 0.6 is 11.8 Å². The van der Waals surface area contributed by atoms with Crippen LogP contribution in [0.1, 0.15) is 20.7 Å². The third-order valence-corrected chi connectivity index (χ3v) is 3.76. The van der Waals surface area contributed by atoms with Crippen molar-refractivity contribution < 1.29 is 19.8 Å². The van der Waals surface area contributed by atoms with Crippen LogP contribution in [0.2, 0.25) is 0 Å². The Kier molecular flexibility index (Phi) is 6.19. The van der Waals surface area contributed by atoms with E-state index in [9.17, 15) is 14.7 Å². The number of anilines is 1. The van der Waals surface area contributed by atoms with Crippen LogP contribution in [0, 0.1) is 11.5 Å². The summed E-state index contributed by atoms with van der Waals surface area (Å²) < 4.78 is 0.